The smallest absolute Gasteiger partial charge is 0.329 e. The molecule has 18 heavy (non-hydrogen) atoms. The molecule has 7 nitrogen and oxygen atoms in total. The maximum Gasteiger partial charge on any atom is 0.329 e. The molecule has 0 aliphatic heterocycles. The number of nitro groups is 1. The number of aromatic nitrogens is 1. The highest BCUT2D eigenvalue weighted by atomic mass is 16.6. The van der Waals surface area contributed by atoms with Crippen molar-refractivity contribution < 1.29 is 14.5 Å². The van der Waals surface area contributed by atoms with E-state index in [0.717, 1.165) is 0 Å². The molecule has 94 valence electrons. The third-order valence-electron chi connectivity index (χ3n) is 2.16. The molecule has 1 aromatic heterocycles. The summed E-state index contributed by atoms with van der Waals surface area (Å²) in [5.74, 6) is -2.22. The van der Waals surface area contributed by atoms with E-state index in [1.165, 1.54) is 12.3 Å². The van der Waals surface area contributed by atoms with Crippen molar-refractivity contribution in [1.82, 2.24) is 4.98 Å². The summed E-state index contributed by atoms with van der Waals surface area (Å²) in [4.78, 5) is 25.5. The van der Waals surface area contributed by atoms with Gasteiger partial charge in [0.1, 0.15) is 5.69 Å². The quantitative estimate of drug-likeness (QED) is 0.454. The lowest BCUT2D eigenvalue weighted by molar-refractivity contribution is -0.386. The Morgan fingerprint density at radius 3 is 2.89 bits per heavy atom. The van der Waals surface area contributed by atoms with Crippen LogP contribution >= 0.6 is 0 Å². The SMILES string of the molecule is CCOC(=O)C(C#N)c1ncc(C)cc1[N+](=O)[O-]. The van der Waals surface area contributed by atoms with Crippen molar-refractivity contribution in [3.63, 3.8) is 0 Å². The zero-order chi connectivity index (χ0) is 13.7. The number of nitrogens with zero attached hydrogens (tertiary/aromatic N) is 3. The molecule has 1 rings (SSSR count). The molecule has 0 bridgehead atoms. The summed E-state index contributed by atoms with van der Waals surface area (Å²) in [5, 5.41) is 19.8. The second kappa shape index (κ2) is 5.72. The Balaban J connectivity index is 3.26. The third-order valence-corrected chi connectivity index (χ3v) is 2.16. The first-order valence-electron chi connectivity index (χ1n) is 5.18. The second-order valence-electron chi connectivity index (χ2n) is 3.49. The number of ether oxygens (including phenoxy) is 1. The summed E-state index contributed by atoms with van der Waals surface area (Å²) < 4.78 is 4.69. The predicted octanol–water partition coefficient (Wildman–Crippen LogP) is 1.47. The highest BCUT2D eigenvalue weighted by Gasteiger charge is 2.30. The highest BCUT2D eigenvalue weighted by molar-refractivity contribution is 5.82. The van der Waals surface area contributed by atoms with E-state index in [0.29, 0.717) is 5.56 Å². The van der Waals surface area contributed by atoms with Crippen LogP contribution in [0.1, 0.15) is 24.1 Å². The highest BCUT2D eigenvalue weighted by Crippen LogP contribution is 2.25. The van der Waals surface area contributed by atoms with Crippen molar-refractivity contribution >= 4 is 11.7 Å². The van der Waals surface area contributed by atoms with E-state index >= 15 is 0 Å². The average Bonchev–Trinajstić information content (AvgIpc) is 2.32. The zero-order valence-electron chi connectivity index (χ0n) is 9.91. The Bertz CT molecular complexity index is 522. The topological polar surface area (TPSA) is 106 Å². The molecule has 0 N–H and O–H groups in total. The number of hydrogen-bond acceptors (Lipinski definition) is 6. The summed E-state index contributed by atoms with van der Waals surface area (Å²) in [6.07, 6.45) is 1.37. The van der Waals surface area contributed by atoms with Crippen LogP contribution in [0.4, 0.5) is 5.69 Å². The Labute approximate surface area is 103 Å². The summed E-state index contributed by atoms with van der Waals surface area (Å²) in [6, 6.07) is 2.95. The number of aryl methyl sites for hydroxylation is 1. The van der Waals surface area contributed by atoms with E-state index in [1.54, 1.807) is 19.9 Å². The van der Waals surface area contributed by atoms with E-state index < -0.39 is 16.8 Å². The van der Waals surface area contributed by atoms with Crippen LogP contribution in [0, 0.1) is 28.4 Å². The van der Waals surface area contributed by atoms with Crippen LogP contribution in [0.15, 0.2) is 12.3 Å². The van der Waals surface area contributed by atoms with Gasteiger partial charge in [0.2, 0.25) is 0 Å². The van der Waals surface area contributed by atoms with Gasteiger partial charge in [-0.15, -0.1) is 0 Å². The molecule has 0 fully saturated rings. The summed E-state index contributed by atoms with van der Waals surface area (Å²) in [5.41, 5.74) is 0.0344. The summed E-state index contributed by atoms with van der Waals surface area (Å²) in [7, 11) is 0. The van der Waals surface area contributed by atoms with Crippen molar-refractivity contribution in [2.75, 3.05) is 6.61 Å². The van der Waals surface area contributed by atoms with Crippen LogP contribution in [0.3, 0.4) is 0 Å². The Morgan fingerprint density at radius 1 is 1.72 bits per heavy atom. The van der Waals surface area contributed by atoms with Gasteiger partial charge < -0.3 is 4.74 Å². The van der Waals surface area contributed by atoms with E-state index in [4.69, 9.17) is 10.00 Å². The fourth-order valence-electron chi connectivity index (χ4n) is 1.38. The molecule has 1 aromatic rings. The van der Waals surface area contributed by atoms with E-state index in [1.807, 2.05) is 0 Å². The molecule has 1 unspecified atom stereocenters. The largest absolute Gasteiger partial charge is 0.465 e. The molecule has 7 heteroatoms. The summed E-state index contributed by atoms with van der Waals surface area (Å²) in [6.45, 7) is 3.31. The normalized spacial score (nSPS) is 11.4. The molecule has 1 heterocycles. The first-order valence-corrected chi connectivity index (χ1v) is 5.18. The van der Waals surface area contributed by atoms with Crippen molar-refractivity contribution in [2.24, 2.45) is 0 Å². The second-order valence-corrected chi connectivity index (χ2v) is 3.49. The minimum absolute atomic E-state index is 0.0939. The number of nitriles is 1. The van der Waals surface area contributed by atoms with Crippen molar-refractivity contribution in [3.05, 3.63) is 33.6 Å². The average molecular weight is 249 g/mol. The first-order chi connectivity index (χ1) is 8.51. The van der Waals surface area contributed by atoms with Gasteiger partial charge in [0.15, 0.2) is 5.92 Å². The Kier molecular flexibility index (Phi) is 4.32. The lowest BCUT2D eigenvalue weighted by Gasteiger charge is -2.08. The van der Waals surface area contributed by atoms with Crippen molar-refractivity contribution in [3.8, 4) is 6.07 Å². The van der Waals surface area contributed by atoms with Gasteiger partial charge in [-0.1, -0.05) is 0 Å². The molecule has 0 aliphatic carbocycles. The van der Waals surface area contributed by atoms with E-state index in [2.05, 4.69) is 4.98 Å². The maximum absolute atomic E-state index is 11.5. The molecule has 0 saturated heterocycles. The van der Waals surface area contributed by atoms with Crippen LogP contribution < -0.4 is 0 Å². The standard InChI is InChI=1S/C11H11N3O4/c1-3-18-11(15)8(5-12)10-9(14(16)17)4-7(2)6-13-10/h4,6,8H,3H2,1-2H3. The van der Waals surface area contributed by atoms with Gasteiger partial charge >= 0.3 is 5.97 Å². The number of rotatable bonds is 4. The van der Waals surface area contributed by atoms with E-state index in [9.17, 15) is 14.9 Å². The fraction of sp³-hybridized carbons (Fsp3) is 0.364. The Morgan fingerprint density at radius 2 is 2.39 bits per heavy atom. The third kappa shape index (κ3) is 2.79. The van der Waals surface area contributed by atoms with Crippen LogP contribution in [-0.4, -0.2) is 22.5 Å². The van der Waals surface area contributed by atoms with Crippen molar-refractivity contribution in [2.45, 2.75) is 19.8 Å². The van der Waals surface area contributed by atoms with Crippen LogP contribution in [0.25, 0.3) is 0 Å². The van der Waals surface area contributed by atoms with Gasteiger partial charge in [0.05, 0.1) is 17.6 Å². The lowest BCUT2D eigenvalue weighted by Crippen LogP contribution is -2.17. The Hall–Kier alpha value is -2.49. The van der Waals surface area contributed by atoms with Crippen LogP contribution in [0.5, 0.6) is 0 Å². The molecule has 0 aliphatic rings. The number of carbonyl (C=O) groups is 1. The van der Waals surface area contributed by atoms with Gasteiger partial charge in [0.25, 0.3) is 5.69 Å². The fourth-order valence-corrected chi connectivity index (χ4v) is 1.38. The molecular formula is C11H11N3O4. The molecule has 0 saturated carbocycles. The van der Waals surface area contributed by atoms with Gasteiger partial charge in [-0.05, 0) is 19.4 Å². The maximum atomic E-state index is 11.5. The summed E-state index contributed by atoms with van der Waals surface area (Å²) >= 11 is 0. The number of hydrogen-bond donors (Lipinski definition) is 0. The predicted molar refractivity (Wildman–Crippen MR) is 60.6 cm³/mol. The van der Waals surface area contributed by atoms with Gasteiger partial charge in [-0.25, -0.2) is 0 Å². The number of esters is 1. The minimum Gasteiger partial charge on any atom is -0.465 e. The van der Waals surface area contributed by atoms with Gasteiger partial charge in [-0.2, -0.15) is 5.26 Å². The molecule has 0 amide bonds. The van der Waals surface area contributed by atoms with Gasteiger partial charge in [-0.3, -0.25) is 19.9 Å². The lowest BCUT2D eigenvalue weighted by atomic mass is 10.0. The molecule has 0 radical (unpaired) electrons. The van der Waals surface area contributed by atoms with Crippen LogP contribution in [0.2, 0.25) is 0 Å². The van der Waals surface area contributed by atoms with E-state index in [-0.39, 0.29) is 18.0 Å². The zero-order valence-corrected chi connectivity index (χ0v) is 9.91. The molecular weight excluding hydrogens is 238 g/mol. The molecule has 1 atom stereocenters. The van der Waals surface area contributed by atoms with Crippen LogP contribution in [-0.2, 0) is 9.53 Å². The minimum atomic E-state index is -1.38. The first kappa shape index (κ1) is 13.6. The monoisotopic (exact) mass is 249 g/mol. The van der Waals surface area contributed by atoms with Gasteiger partial charge in [0, 0.05) is 12.3 Å². The number of carbonyl (C=O) groups excluding carboxylic acids is 1. The van der Waals surface area contributed by atoms with Crippen molar-refractivity contribution in [1.29, 1.82) is 5.26 Å². The molecule has 0 spiro atoms. The molecule has 0 aromatic carbocycles. The number of pyridine rings is 1.